The second kappa shape index (κ2) is 3.08. The Morgan fingerprint density at radius 1 is 1.25 bits per heavy atom. The summed E-state index contributed by atoms with van der Waals surface area (Å²) >= 11 is 0. The van der Waals surface area contributed by atoms with E-state index in [2.05, 4.69) is 49.2 Å². The largest absolute Gasteiger partial charge is 0.483 e. The fourth-order valence-corrected chi connectivity index (χ4v) is 1.94. The van der Waals surface area contributed by atoms with Gasteiger partial charge in [0, 0.05) is 17.1 Å². The zero-order chi connectivity index (χ0) is 11.2. The van der Waals surface area contributed by atoms with Gasteiger partial charge in [0.15, 0.2) is 0 Å². The molecule has 0 unspecified atom stereocenters. The highest BCUT2D eigenvalue weighted by atomic mass is 16.5. The summed E-state index contributed by atoms with van der Waals surface area (Å²) < 4.78 is 5.91. The Kier molecular flexibility index (Phi) is 1.81. The summed E-state index contributed by atoms with van der Waals surface area (Å²) in [7, 11) is 0. The molecule has 0 aliphatic carbocycles. The van der Waals surface area contributed by atoms with Crippen molar-refractivity contribution < 1.29 is 4.74 Å². The zero-order valence-corrected chi connectivity index (χ0v) is 9.40. The van der Waals surface area contributed by atoms with Crippen LogP contribution in [0.1, 0.15) is 19.4 Å². The number of hydrogen-bond donors (Lipinski definition) is 0. The van der Waals surface area contributed by atoms with Crippen LogP contribution in [0.15, 0.2) is 36.5 Å². The molecule has 3 rings (SSSR count). The zero-order valence-electron chi connectivity index (χ0n) is 9.40. The van der Waals surface area contributed by atoms with E-state index in [9.17, 15) is 0 Å². The van der Waals surface area contributed by atoms with E-state index in [0.717, 1.165) is 22.2 Å². The standard InChI is InChI=1S/C14H13NO/c1-14(2)6-5-11-8-12-10(4-3-7-15-12)9-13(11)16-14/h3-9H,1-2H3. The minimum Gasteiger partial charge on any atom is -0.483 e. The van der Waals surface area contributed by atoms with Gasteiger partial charge in [0.1, 0.15) is 11.4 Å². The van der Waals surface area contributed by atoms with E-state index in [-0.39, 0.29) is 5.60 Å². The molecule has 80 valence electrons. The Balaban J connectivity index is 2.24. The van der Waals surface area contributed by atoms with Gasteiger partial charge in [-0.05, 0) is 38.1 Å². The lowest BCUT2D eigenvalue weighted by Crippen LogP contribution is -2.27. The average molecular weight is 211 g/mol. The summed E-state index contributed by atoms with van der Waals surface area (Å²) in [5.41, 5.74) is 1.89. The highest BCUT2D eigenvalue weighted by molar-refractivity contribution is 5.84. The van der Waals surface area contributed by atoms with Gasteiger partial charge in [-0.1, -0.05) is 12.1 Å². The van der Waals surface area contributed by atoms with E-state index in [4.69, 9.17) is 4.74 Å². The first kappa shape index (κ1) is 9.40. The molecular weight excluding hydrogens is 198 g/mol. The molecule has 0 spiro atoms. The maximum atomic E-state index is 5.91. The van der Waals surface area contributed by atoms with Gasteiger partial charge < -0.3 is 4.74 Å². The number of benzene rings is 1. The molecule has 1 aliphatic heterocycles. The molecule has 0 bridgehead atoms. The maximum absolute atomic E-state index is 5.91. The van der Waals surface area contributed by atoms with E-state index < -0.39 is 0 Å². The molecule has 1 aromatic carbocycles. The molecule has 1 aromatic heterocycles. The van der Waals surface area contributed by atoms with Crippen LogP contribution in [0.4, 0.5) is 0 Å². The third-order valence-electron chi connectivity index (χ3n) is 2.77. The number of rotatable bonds is 0. The Morgan fingerprint density at radius 2 is 2.12 bits per heavy atom. The summed E-state index contributed by atoms with van der Waals surface area (Å²) in [6.07, 6.45) is 5.99. The summed E-state index contributed by atoms with van der Waals surface area (Å²) in [5, 5.41) is 1.12. The molecule has 2 nitrogen and oxygen atoms in total. The molecule has 0 N–H and O–H groups in total. The van der Waals surface area contributed by atoms with Crippen LogP contribution in [0.5, 0.6) is 5.75 Å². The lowest BCUT2D eigenvalue weighted by molar-refractivity contribution is 0.159. The number of fused-ring (bicyclic) bond motifs is 2. The number of nitrogens with zero attached hydrogens (tertiary/aromatic N) is 1. The molecule has 2 heterocycles. The minimum atomic E-state index is -0.219. The van der Waals surface area contributed by atoms with Crippen LogP contribution >= 0.6 is 0 Å². The molecule has 0 amide bonds. The van der Waals surface area contributed by atoms with E-state index in [1.165, 1.54) is 0 Å². The van der Waals surface area contributed by atoms with Crippen molar-refractivity contribution in [3.05, 3.63) is 42.1 Å². The van der Waals surface area contributed by atoms with Crippen molar-refractivity contribution in [3.63, 3.8) is 0 Å². The molecule has 1 aliphatic rings. The van der Waals surface area contributed by atoms with Crippen molar-refractivity contribution in [1.82, 2.24) is 4.98 Å². The normalized spacial score (nSPS) is 16.9. The third kappa shape index (κ3) is 1.47. The monoisotopic (exact) mass is 211 g/mol. The van der Waals surface area contributed by atoms with E-state index >= 15 is 0 Å². The average Bonchev–Trinajstić information content (AvgIpc) is 2.25. The van der Waals surface area contributed by atoms with Crippen molar-refractivity contribution >= 4 is 17.0 Å². The third-order valence-corrected chi connectivity index (χ3v) is 2.77. The fraction of sp³-hybridized carbons (Fsp3) is 0.214. The second-order valence-corrected chi connectivity index (χ2v) is 4.62. The van der Waals surface area contributed by atoms with Gasteiger partial charge in [0.05, 0.1) is 5.52 Å². The van der Waals surface area contributed by atoms with Crippen LogP contribution in [0.25, 0.3) is 17.0 Å². The number of hydrogen-bond acceptors (Lipinski definition) is 2. The number of ether oxygens (including phenoxy) is 1. The summed E-state index contributed by atoms with van der Waals surface area (Å²) in [4.78, 5) is 4.34. The minimum absolute atomic E-state index is 0.219. The smallest absolute Gasteiger partial charge is 0.128 e. The molecular formula is C14H13NO. The van der Waals surface area contributed by atoms with Crippen molar-refractivity contribution in [3.8, 4) is 5.75 Å². The maximum Gasteiger partial charge on any atom is 0.128 e. The van der Waals surface area contributed by atoms with Crippen LogP contribution in [0, 0.1) is 0 Å². The van der Waals surface area contributed by atoms with Crippen molar-refractivity contribution in [1.29, 1.82) is 0 Å². The quantitative estimate of drug-likeness (QED) is 0.666. The van der Waals surface area contributed by atoms with Gasteiger partial charge in [-0.15, -0.1) is 0 Å². The first-order valence-corrected chi connectivity index (χ1v) is 5.41. The van der Waals surface area contributed by atoms with E-state index in [1.54, 1.807) is 0 Å². The van der Waals surface area contributed by atoms with E-state index in [0.29, 0.717) is 0 Å². The van der Waals surface area contributed by atoms with Crippen LogP contribution < -0.4 is 4.74 Å². The SMILES string of the molecule is CC1(C)C=Cc2cc3ncccc3cc2O1. The first-order chi connectivity index (χ1) is 7.64. The van der Waals surface area contributed by atoms with Crippen molar-refractivity contribution in [2.45, 2.75) is 19.4 Å². The molecule has 0 saturated carbocycles. The van der Waals surface area contributed by atoms with Crippen LogP contribution in [0.2, 0.25) is 0 Å². The topological polar surface area (TPSA) is 22.1 Å². The first-order valence-electron chi connectivity index (χ1n) is 5.41. The Labute approximate surface area is 94.6 Å². The van der Waals surface area contributed by atoms with Gasteiger partial charge in [-0.25, -0.2) is 0 Å². The Morgan fingerprint density at radius 3 is 3.00 bits per heavy atom. The van der Waals surface area contributed by atoms with Gasteiger partial charge in [-0.2, -0.15) is 0 Å². The summed E-state index contributed by atoms with van der Waals surface area (Å²) in [6.45, 7) is 4.11. The Bertz CT molecular complexity index is 584. The Hall–Kier alpha value is -1.83. The predicted octanol–water partition coefficient (Wildman–Crippen LogP) is 3.42. The molecule has 0 radical (unpaired) electrons. The fourth-order valence-electron chi connectivity index (χ4n) is 1.94. The number of aromatic nitrogens is 1. The molecule has 0 atom stereocenters. The highest BCUT2D eigenvalue weighted by Gasteiger charge is 2.21. The lowest BCUT2D eigenvalue weighted by atomic mass is 10.0. The molecule has 0 saturated heterocycles. The van der Waals surface area contributed by atoms with E-state index in [1.807, 2.05) is 12.3 Å². The summed E-state index contributed by atoms with van der Waals surface area (Å²) in [5.74, 6) is 0.938. The molecule has 16 heavy (non-hydrogen) atoms. The second-order valence-electron chi connectivity index (χ2n) is 4.62. The van der Waals surface area contributed by atoms with Crippen molar-refractivity contribution in [2.24, 2.45) is 0 Å². The molecule has 2 aromatic rings. The lowest BCUT2D eigenvalue weighted by Gasteiger charge is -2.27. The van der Waals surface area contributed by atoms with Crippen molar-refractivity contribution in [2.75, 3.05) is 0 Å². The number of pyridine rings is 1. The summed E-state index contributed by atoms with van der Waals surface area (Å²) in [6, 6.07) is 8.12. The van der Waals surface area contributed by atoms with Crippen LogP contribution in [-0.2, 0) is 0 Å². The van der Waals surface area contributed by atoms with Gasteiger partial charge in [0.25, 0.3) is 0 Å². The van der Waals surface area contributed by atoms with Gasteiger partial charge in [-0.3, -0.25) is 4.98 Å². The van der Waals surface area contributed by atoms with Crippen LogP contribution in [0.3, 0.4) is 0 Å². The molecule has 2 heteroatoms. The van der Waals surface area contributed by atoms with Crippen LogP contribution in [-0.4, -0.2) is 10.6 Å². The van der Waals surface area contributed by atoms with Gasteiger partial charge >= 0.3 is 0 Å². The highest BCUT2D eigenvalue weighted by Crippen LogP contribution is 2.33. The predicted molar refractivity (Wildman–Crippen MR) is 65.5 cm³/mol. The molecule has 0 fully saturated rings. The van der Waals surface area contributed by atoms with Gasteiger partial charge in [0.2, 0.25) is 0 Å².